The summed E-state index contributed by atoms with van der Waals surface area (Å²) in [5.41, 5.74) is 8.60. The van der Waals surface area contributed by atoms with Crippen LogP contribution >= 0.6 is 23.2 Å². The van der Waals surface area contributed by atoms with Crippen LogP contribution in [0.3, 0.4) is 0 Å². The summed E-state index contributed by atoms with van der Waals surface area (Å²) in [5.74, 6) is -0.779. The molecule has 2 saturated heterocycles. The lowest BCUT2D eigenvalue weighted by atomic mass is 9.98. The molecule has 0 aromatic heterocycles. The molecule has 2 aromatic carbocycles. The summed E-state index contributed by atoms with van der Waals surface area (Å²) in [4.78, 5) is 16.6. The van der Waals surface area contributed by atoms with Crippen molar-refractivity contribution >= 4 is 29.1 Å². The van der Waals surface area contributed by atoms with Crippen LogP contribution in [0.2, 0.25) is 10.0 Å². The topological polar surface area (TPSA) is 49.6 Å². The maximum absolute atomic E-state index is 14.5. The molecular weight excluding hydrogens is 460 g/mol. The average Bonchev–Trinajstić information content (AvgIpc) is 3.43. The van der Waals surface area contributed by atoms with Gasteiger partial charge in [-0.1, -0.05) is 37.0 Å². The Kier molecular flexibility index (Phi) is 7.35. The molecule has 4 nitrogen and oxygen atoms in total. The fourth-order valence-corrected chi connectivity index (χ4v) is 5.95. The predicted octanol–water partition coefficient (Wildman–Crippen LogP) is 6.15. The number of rotatable bonds is 6. The van der Waals surface area contributed by atoms with E-state index in [1.807, 2.05) is 26.0 Å². The minimum absolute atomic E-state index is 0.00813. The highest BCUT2D eigenvalue weighted by atomic mass is 35.5. The predicted molar refractivity (Wildman–Crippen MR) is 132 cm³/mol. The van der Waals surface area contributed by atoms with E-state index < -0.39 is 11.7 Å². The van der Waals surface area contributed by atoms with Crippen molar-refractivity contribution in [2.75, 3.05) is 13.1 Å². The average molecular weight is 492 g/mol. The van der Waals surface area contributed by atoms with Gasteiger partial charge in [0.05, 0.1) is 5.56 Å². The lowest BCUT2D eigenvalue weighted by Crippen LogP contribution is -2.46. The fourth-order valence-electron chi connectivity index (χ4n) is 5.41. The van der Waals surface area contributed by atoms with Crippen LogP contribution in [-0.2, 0) is 6.54 Å². The van der Waals surface area contributed by atoms with Crippen molar-refractivity contribution in [2.45, 2.75) is 70.6 Å². The second-order valence-electron chi connectivity index (χ2n) is 9.22. The Morgan fingerprint density at radius 2 is 1.76 bits per heavy atom. The minimum Gasteiger partial charge on any atom is -0.366 e. The smallest absolute Gasteiger partial charge is 0.251 e. The molecule has 2 N–H and O–H groups in total. The molecule has 3 atom stereocenters. The number of likely N-dealkylation sites (tertiary alicyclic amines) is 2. The van der Waals surface area contributed by atoms with Gasteiger partial charge >= 0.3 is 0 Å². The van der Waals surface area contributed by atoms with Crippen molar-refractivity contribution in [1.29, 1.82) is 0 Å². The molecule has 7 heteroatoms. The van der Waals surface area contributed by atoms with Gasteiger partial charge in [-0.3, -0.25) is 14.6 Å². The van der Waals surface area contributed by atoms with E-state index in [0.717, 1.165) is 49.0 Å². The number of halogens is 3. The molecule has 3 fully saturated rings. The van der Waals surface area contributed by atoms with Crippen LogP contribution in [-0.4, -0.2) is 40.9 Å². The van der Waals surface area contributed by atoms with Crippen molar-refractivity contribution in [3.05, 3.63) is 68.4 Å². The fraction of sp³-hybridized carbons (Fsp3) is 0.500. The van der Waals surface area contributed by atoms with Crippen LogP contribution in [0.15, 0.2) is 30.3 Å². The Balaban J connectivity index is 0.00000126. The number of carbonyl (C=O) groups excluding carboxylic acids is 1. The van der Waals surface area contributed by atoms with E-state index in [1.54, 1.807) is 12.1 Å². The van der Waals surface area contributed by atoms with Gasteiger partial charge in [0.2, 0.25) is 0 Å². The number of hydrogen-bond acceptors (Lipinski definition) is 3. The third kappa shape index (κ3) is 5.07. The van der Waals surface area contributed by atoms with E-state index in [2.05, 4.69) is 16.7 Å². The van der Waals surface area contributed by atoms with Gasteiger partial charge in [-0.15, -0.1) is 0 Å². The Morgan fingerprint density at radius 3 is 2.30 bits per heavy atom. The van der Waals surface area contributed by atoms with Gasteiger partial charge in [0.25, 0.3) is 5.91 Å². The number of primary amides is 1. The number of hydrogen-bond donors (Lipinski definition) is 1. The zero-order valence-electron chi connectivity index (χ0n) is 19.5. The molecule has 1 aliphatic carbocycles. The van der Waals surface area contributed by atoms with Gasteiger partial charge < -0.3 is 5.73 Å². The summed E-state index contributed by atoms with van der Waals surface area (Å²) in [5, 5.41) is 1.32. The number of piperazine rings is 1. The van der Waals surface area contributed by atoms with E-state index in [-0.39, 0.29) is 11.6 Å². The molecule has 0 radical (unpaired) electrons. The van der Waals surface area contributed by atoms with Crippen LogP contribution in [0.1, 0.15) is 79.0 Å². The largest absolute Gasteiger partial charge is 0.366 e. The molecule has 5 rings (SSSR count). The Morgan fingerprint density at radius 1 is 1.09 bits per heavy atom. The molecule has 3 aliphatic rings. The highest BCUT2D eigenvalue weighted by Gasteiger charge is 2.45. The minimum atomic E-state index is -0.697. The molecule has 2 heterocycles. The first-order valence-electron chi connectivity index (χ1n) is 11.9. The van der Waals surface area contributed by atoms with E-state index in [0.29, 0.717) is 34.6 Å². The normalized spacial score (nSPS) is 23.3. The van der Waals surface area contributed by atoms with Crippen molar-refractivity contribution in [2.24, 2.45) is 5.73 Å². The summed E-state index contributed by atoms with van der Waals surface area (Å²) in [6, 6.07) is 10.1. The first kappa shape index (κ1) is 24.5. The van der Waals surface area contributed by atoms with Crippen LogP contribution < -0.4 is 5.73 Å². The van der Waals surface area contributed by atoms with E-state index >= 15 is 0 Å². The van der Waals surface area contributed by atoms with E-state index in [9.17, 15) is 9.18 Å². The van der Waals surface area contributed by atoms with Crippen LogP contribution in [0, 0.1) is 5.82 Å². The number of nitrogens with two attached hydrogens (primary N) is 1. The first-order chi connectivity index (χ1) is 15.8. The summed E-state index contributed by atoms with van der Waals surface area (Å²) in [6.45, 7) is 8.84. The van der Waals surface area contributed by atoms with Crippen LogP contribution in [0.25, 0.3) is 0 Å². The van der Waals surface area contributed by atoms with Crippen LogP contribution in [0.4, 0.5) is 4.39 Å². The molecule has 0 spiro atoms. The molecular formula is C26H32Cl2FN3O. The SMILES string of the molecule is CC.CC(c1cc(Cl)cc(Cl)c1)N1C[C@@H]2CC1CN2Cc1cc(F)c(C(N)=O)cc1C1CC1. The molecule has 2 bridgehead atoms. The second-order valence-corrected chi connectivity index (χ2v) is 10.1. The summed E-state index contributed by atoms with van der Waals surface area (Å²) in [6.07, 6.45) is 3.30. The number of fused-ring (bicyclic) bond motifs is 2. The standard InChI is InChI=1S/C24H26Cl2FN3O.C2H6/c1-13(15-4-17(25)7-18(26)5-15)30-12-19-8-20(30)11-29(19)10-16-6-23(27)22(24(28)31)9-21(16)14-2-3-14;1-2/h4-7,9,13-14,19-20H,2-3,8,10-12H2,1H3,(H2,28,31);1-2H3/t13?,19-,20?;/m0./s1. The van der Waals surface area contributed by atoms with Gasteiger partial charge in [0, 0.05) is 47.8 Å². The first-order valence-corrected chi connectivity index (χ1v) is 12.6. The lowest BCUT2D eigenvalue weighted by Gasteiger charge is -2.38. The van der Waals surface area contributed by atoms with Crippen molar-refractivity contribution in [3.63, 3.8) is 0 Å². The van der Waals surface area contributed by atoms with Crippen molar-refractivity contribution in [3.8, 4) is 0 Å². The summed E-state index contributed by atoms with van der Waals surface area (Å²) < 4.78 is 14.5. The maximum atomic E-state index is 14.5. The van der Waals surface area contributed by atoms with Gasteiger partial charge in [0.1, 0.15) is 5.82 Å². The molecule has 2 unspecified atom stereocenters. The Labute approximate surface area is 205 Å². The van der Waals surface area contributed by atoms with Crippen molar-refractivity contribution in [1.82, 2.24) is 9.80 Å². The molecule has 1 amide bonds. The monoisotopic (exact) mass is 491 g/mol. The molecule has 1 saturated carbocycles. The van der Waals surface area contributed by atoms with Gasteiger partial charge in [-0.25, -0.2) is 4.39 Å². The number of amides is 1. The number of nitrogens with zero attached hydrogens (tertiary/aromatic N) is 2. The molecule has 2 aliphatic heterocycles. The molecule has 33 heavy (non-hydrogen) atoms. The summed E-state index contributed by atoms with van der Waals surface area (Å²) >= 11 is 12.4. The summed E-state index contributed by atoms with van der Waals surface area (Å²) in [7, 11) is 0. The second kappa shape index (κ2) is 9.91. The van der Waals surface area contributed by atoms with E-state index in [1.165, 1.54) is 6.07 Å². The van der Waals surface area contributed by atoms with Crippen LogP contribution in [0.5, 0.6) is 0 Å². The lowest BCUT2D eigenvalue weighted by molar-refractivity contribution is 0.0935. The highest BCUT2D eigenvalue weighted by molar-refractivity contribution is 6.34. The Hall–Kier alpha value is -1.66. The van der Waals surface area contributed by atoms with Gasteiger partial charge in [-0.05, 0) is 79.1 Å². The number of carbonyl (C=O) groups is 1. The quantitative estimate of drug-likeness (QED) is 0.526. The molecule has 2 aromatic rings. The number of benzene rings is 2. The zero-order valence-corrected chi connectivity index (χ0v) is 21.0. The van der Waals surface area contributed by atoms with Gasteiger partial charge in [-0.2, -0.15) is 0 Å². The highest BCUT2D eigenvalue weighted by Crippen LogP contribution is 2.44. The third-order valence-electron chi connectivity index (χ3n) is 7.15. The molecule has 178 valence electrons. The Bertz CT molecular complexity index is 1020. The third-order valence-corrected chi connectivity index (χ3v) is 7.58. The maximum Gasteiger partial charge on any atom is 0.251 e. The van der Waals surface area contributed by atoms with Crippen molar-refractivity contribution < 1.29 is 9.18 Å². The zero-order chi connectivity index (χ0) is 23.9. The van der Waals surface area contributed by atoms with E-state index in [4.69, 9.17) is 28.9 Å². The van der Waals surface area contributed by atoms with Gasteiger partial charge in [0.15, 0.2) is 0 Å².